The van der Waals surface area contributed by atoms with Gasteiger partial charge < -0.3 is 5.32 Å². The first-order valence-corrected chi connectivity index (χ1v) is 8.50. The maximum atomic E-state index is 12.3. The lowest BCUT2D eigenvalue weighted by Gasteiger charge is -2.22. The summed E-state index contributed by atoms with van der Waals surface area (Å²) in [4.78, 5) is 23.6. The van der Waals surface area contributed by atoms with E-state index in [9.17, 15) is 9.59 Å². The summed E-state index contributed by atoms with van der Waals surface area (Å²) < 4.78 is 0. The van der Waals surface area contributed by atoms with Gasteiger partial charge in [-0.1, -0.05) is 25.2 Å². The van der Waals surface area contributed by atoms with Crippen LogP contribution in [0.3, 0.4) is 0 Å². The SMILES string of the molecule is C=C(C)[C@H]1CC=C(C)/C(=N\NC(=O)c2ccc(NC(=O)CC)cc2)C1. The molecule has 5 nitrogen and oxygen atoms in total. The predicted molar refractivity (Wildman–Crippen MR) is 102 cm³/mol. The second-order valence-electron chi connectivity index (χ2n) is 6.35. The van der Waals surface area contributed by atoms with Gasteiger partial charge in [-0.25, -0.2) is 5.43 Å². The minimum Gasteiger partial charge on any atom is -0.326 e. The fourth-order valence-corrected chi connectivity index (χ4v) is 2.56. The standard InChI is InChI=1S/C20H25N3O2/c1-5-19(24)21-17-10-8-15(9-11-17)20(25)23-22-18-12-16(13(2)3)7-6-14(18)4/h6,8-11,16H,2,5,7,12H2,1,3-4H3,(H,21,24)(H,23,25)/b22-18-/t16-/m0/s1. The summed E-state index contributed by atoms with van der Waals surface area (Å²) in [6.45, 7) is 9.83. The molecule has 25 heavy (non-hydrogen) atoms. The number of hydrogen-bond acceptors (Lipinski definition) is 3. The molecule has 2 amide bonds. The predicted octanol–water partition coefficient (Wildman–Crippen LogP) is 4.05. The molecule has 2 N–H and O–H groups in total. The second kappa shape index (κ2) is 8.42. The largest absolute Gasteiger partial charge is 0.326 e. The molecule has 0 saturated carbocycles. The van der Waals surface area contributed by atoms with E-state index in [2.05, 4.69) is 28.5 Å². The van der Waals surface area contributed by atoms with Gasteiger partial charge in [0.25, 0.3) is 5.91 Å². The van der Waals surface area contributed by atoms with Crippen molar-refractivity contribution in [1.29, 1.82) is 0 Å². The van der Waals surface area contributed by atoms with Crippen LogP contribution < -0.4 is 10.7 Å². The van der Waals surface area contributed by atoms with Crippen LogP contribution in [0.15, 0.2) is 53.2 Å². The van der Waals surface area contributed by atoms with Crippen LogP contribution >= 0.6 is 0 Å². The summed E-state index contributed by atoms with van der Waals surface area (Å²) in [5, 5.41) is 7.04. The van der Waals surface area contributed by atoms with E-state index in [-0.39, 0.29) is 11.8 Å². The summed E-state index contributed by atoms with van der Waals surface area (Å²) in [5.41, 5.74) is 6.90. The van der Waals surface area contributed by atoms with Crippen molar-refractivity contribution in [1.82, 2.24) is 5.43 Å². The van der Waals surface area contributed by atoms with E-state index in [1.54, 1.807) is 31.2 Å². The number of amides is 2. The van der Waals surface area contributed by atoms with E-state index >= 15 is 0 Å². The quantitative estimate of drug-likeness (QED) is 0.627. The van der Waals surface area contributed by atoms with Crippen LogP contribution in [-0.2, 0) is 4.79 Å². The number of carbonyl (C=O) groups is 2. The van der Waals surface area contributed by atoms with E-state index in [4.69, 9.17) is 0 Å². The van der Waals surface area contributed by atoms with Crippen molar-refractivity contribution < 1.29 is 9.59 Å². The third-order valence-corrected chi connectivity index (χ3v) is 4.34. The van der Waals surface area contributed by atoms with Crippen molar-refractivity contribution in [2.75, 3.05) is 5.32 Å². The van der Waals surface area contributed by atoms with Gasteiger partial charge in [0, 0.05) is 17.7 Å². The van der Waals surface area contributed by atoms with E-state index in [1.807, 2.05) is 13.8 Å². The van der Waals surface area contributed by atoms with Gasteiger partial charge in [0.2, 0.25) is 5.91 Å². The van der Waals surface area contributed by atoms with Gasteiger partial charge in [-0.2, -0.15) is 5.10 Å². The maximum absolute atomic E-state index is 12.3. The first-order valence-electron chi connectivity index (χ1n) is 8.50. The van der Waals surface area contributed by atoms with Gasteiger partial charge in [-0.3, -0.25) is 9.59 Å². The van der Waals surface area contributed by atoms with Crippen molar-refractivity contribution in [2.24, 2.45) is 11.0 Å². The van der Waals surface area contributed by atoms with Crippen molar-refractivity contribution in [2.45, 2.75) is 40.0 Å². The summed E-state index contributed by atoms with van der Waals surface area (Å²) >= 11 is 0. The van der Waals surface area contributed by atoms with Crippen LogP contribution in [0, 0.1) is 5.92 Å². The van der Waals surface area contributed by atoms with Gasteiger partial charge in [-0.05, 0) is 62.4 Å². The van der Waals surface area contributed by atoms with Crippen molar-refractivity contribution in [3.63, 3.8) is 0 Å². The van der Waals surface area contributed by atoms with Gasteiger partial charge in [0.05, 0.1) is 5.71 Å². The lowest BCUT2D eigenvalue weighted by atomic mass is 9.85. The zero-order valence-electron chi connectivity index (χ0n) is 15.1. The summed E-state index contributed by atoms with van der Waals surface area (Å²) in [6, 6.07) is 6.75. The van der Waals surface area contributed by atoms with Gasteiger partial charge in [0.1, 0.15) is 0 Å². The number of hydrazone groups is 1. The average molecular weight is 339 g/mol. The third kappa shape index (κ3) is 5.14. The Morgan fingerprint density at radius 3 is 2.56 bits per heavy atom. The molecule has 0 fully saturated rings. The molecule has 0 saturated heterocycles. The Kier molecular flexibility index (Phi) is 6.28. The van der Waals surface area contributed by atoms with Crippen molar-refractivity contribution >= 4 is 23.2 Å². The Labute approximate surface area is 148 Å². The van der Waals surface area contributed by atoms with Crippen LogP contribution in [-0.4, -0.2) is 17.5 Å². The number of nitrogens with one attached hydrogen (secondary N) is 2. The van der Waals surface area contributed by atoms with Crippen LogP contribution in [0.1, 0.15) is 50.4 Å². The van der Waals surface area contributed by atoms with Crippen LogP contribution in [0.2, 0.25) is 0 Å². The molecule has 0 aromatic heterocycles. The van der Waals surface area contributed by atoms with E-state index in [0.29, 0.717) is 23.6 Å². The van der Waals surface area contributed by atoms with Crippen LogP contribution in [0.25, 0.3) is 0 Å². The Balaban J connectivity index is 2.01. The number of rotatable bonds is 5. The molecule has 1 aliphatic rings. The van der Waals surface area contributed by atoms with Crippen molar-refractivity contribution in [3.05, 3.63) is 53.6 Å². The first-order chi connectivity index (χ1) is 11.9. The lowest BCUT2D eigenvalue weighted by molar-refractivity contribution is -0.115. The molecule has 2 rings (SSSR count). The molecule has 0 aliphatic heterocycles. The van der Waals surface area contributed by atoms with E-state index in [0.717, 1.165) is 29.7 Å². The highest BCUT2D eigenvalue weighted by atomic mass is 16.2. The smallest absolute Gasteiger partial charge is 0.271 e. The molecule has 1 aromatic carbocycles. The molecule has 0 heterocycles. The Bertz CT molecular complexity index is 730. The summed E-state index contributed by atoms with van der Waals surface area (Å²) in [6.07, 6.45) is 4.32. The summed E-state index contributed by atoms with van der Waals surface area (Å²) in [7, 11) is 0. The molecule has 0 radical (unpaired) electrons. The molecular weight excluding hydrogens is 314 g/mol. The topological polar surface area (TPSA) is 70.6 Å². The maximum Gasteiger partial charge on any atom is 0.271 e. The minimum absolute atomic E-state index is 0.0600. The van der Waals surface area contributed by atoms with Gasteiger partial charge >= 0.3 is 0 Å². The fourth-order valence-electron chi connectivity index (χ4n) is 2.56. The third-order valence-electron chi connectivity index (χ3n) is 4.34. The van der Waals surface area contributed by atoms with Crippen LogP contribution in [0.4, 0.5) is 5.69 Å². The number of benzene rings is 1. The van der Waals surface area contributed by atoms with Gasteiger partial charge in [-0.15, -0.1) is 0 Å². The fraction of sp³-hybridized carbons (Fsp3) is 0.350. The molecule has 1 atom stereocenters. The highest BCUT2D eigenvalue weighted by molar-refractivity contribution is 6.02. The minimum atomic E-state index is -0.272. The van der Waals surface area contributed by atoms with Crippen LogP contribution in [0.5, 0.6) is 0 Å². The summed E-state index contributed by atoms with van der Waals surface area (Å²) in [5.74, 6) is 0.0437. The Morgan fingerprint density at radius 1 is 1.28 bits per heavy atom. The normalized spacial score (nSPS) is 18.4. The number of nitrogens with zero attached hydrogens (tertiary/aromatic N) is 1. The Morgan fingerprint density at radius 2 is 1.96 bits per heavy atom. The highest BCUT2D eigenvalue weighted by Crippen LogP contribution is 2.26. The second-order valence-corrected chi connectivity index (χ2v) is 6.35. The van der Waals surface area contributed by atoms with E-state index in [1.165, 1.54) is 0 Å². The number of hydrogen-bond donors (Lipinski definition) is 2. The molecule has 0 unspecified atom stereocenters. The molecular formula is C20H25N3O2. The number of allylic oxidation sites excluding steroid dienone is 3. The molecule has 5 heteroatoms. The molecule has 132 valence electrons. The molecule has 1 aliphatic carbocycles. The average Bonchev–Trinajstić information content (AvgIpc) is 2.61. The lowest BCUT2D eigenvalue weighted by Crippen LogP contribution is -2.23. The highest BCUT2D eigenvalue weighted by Gasteiger charge is 2.19. The molecule has 0 bridgehead atoms. The van der Waals surface area contributed by atoms with Gasteiger partial charge in [0.15, 0.2) is 0 Å². The molecule has 1 aromatic rings. The van der Waals surface area contributed by atoms with E-state index < -0.39 is 0 Å². The number of carbonyl (C=O) groups excluding carboxylic acids is 2. The van der Waals surface area contributed by atoms with Crippen molar-refractivity contribution in [3.8, 4) is 0 Å². The monoisotopic (exact) mass is 339 g/mol. The zero-order valence-corrected chi connectivity index (χ0v) is 15.1. The number of anilines is 1. The molecule has 0 spiro atoms. The Hall–Kier alpha value is -2.69. The zero-order chi connectivity index (χ0) is 18.4. The first kappa shape index (κ1) is 18.6.